The topological polar surface area (TPSA) is 154 Å². The zero-order valence-corrected chi connectivity index (χ0v) is 29.2. The number of halogens is 1. The van der Waals surface area contributed by atoms with Crippen LogP contribution in [0.3, 0.4) is 0 Å². The molecule has 262 valence electrons. The highest BCUT2D eigenvalue weighted by Crippen LogP contribution is 2.40. The molecule has 2 saturated carbocycles. The molecule has 3 N–H and O–H groups in total. The number of carbonyl (C=O) groups is 5. The van der Waals surface area contributed by atoms with Crippen LogP contribution < -0.4 is 10.6 Å². The van der Waals surface area contributed by atoms with Gasteiger partial charge in [0.25, 0.3) is 0 Å². The van der Waals surface area contributed by atoms with Crippen molar-refractivity contribution in [3.05, 3.63) is 34.9 Å². The molecule has 2 unspecified atom stereocenters. The summed E-state index contributed by atoms with van der Waals surface area (Å²) in [6.07, 6.45) is 5.64. The van der Waals surface area contributed by atoms with Gasteiger partial charge in [-0.25, -0.2) is 0 Å². The molecule has 4 aliphatic rings. The van der Waals surface area contributed by atoms with E-state index < -0.39 is 70.6 Å². The van der Waals surface area contributed by atoms with Crippen molar-refractivity contribution in [1.29, 1.82) is 0 Å². The molecular formula is C36H49ClN4O7. The third-order valence-electron chi connectivity index (χ3n) is 10.1. The van der Waals surface area contributed by atoms with Gasteiger partial charge in [0.15, 0.2) is 0 Å². The number of nitrogens with zero attached hydrogens (tertiary/aromatic N) is 2. The van der Waals surface area contributed by atoms with E-state index in [0.29, 0.717) is 35.6 Å². The van der Waals surface area contributed by atoms with Gasteiger partial charge in [-0.05, 0) is 62.0 Å². The maximum Gasteiger partial charge on any atom is 0.249 e. The molecule has 1 aromatic carbocycles. The quantitative estimate of drug-likeness (QED) is 0.259. The first-order valence-electron chi connectivity index (χ1n) is 17.4. The average Bonchev–Trinajstić information content (AvgIpc) is 3.61. The Bertz CT molecular complexity index is 1450. The van der Waals surface area contributed by atoms with E-state index in [0.717, 1.165) is 32.1 Å². The van der Waals surface area contributed by atoms with E-state index in [4.69, 9.17) is 16.4 Å². The van der Waals surface area contributed by atoms with Gasteiger partial charge in [-0.1, -0.05) is 82.3 Å². The summed E-state index contributed by atoms with van der Waals surface area (Å²) < 4.78 is 0. The molecule has 11 nitrogen and oxygen atoms in total. The van der Waals surface area contributed by atoms with Crippen molar-refractivity contribution >= 4 is 46.6 Å². The summed E-state index contributed by atoms with van der Waals surface area (Å²) in [4.78, 5) is 75.4. The predicted molar refractivity (Wildman–Crippen MR) is 180 cm³/mol. The molecule has 2 aliphatic carbocycles. The second kappa shape index (κ2) is 14.7. The molecule has 5 rings (SSSR count). The lowest BCUT2D eigenvalue weighted by atomic mass is 9.81. The number of oxime groups is 1. The third kappa shape index (κ3) is 8.28. The fourth-order valence-corrected chi connectivity index (χ4v) is 7.41. The van der Waals surface area contributed by atoms with Crippen molar-refractivity contribution < 1.29 is 33.9 Å². The van der Waals surface area contributed by atoms with Gasteiger partial charge in [-0.3, -0.25) is 28.9 Å². The fourth-order valence-electron chi connectivity index (χ4n) is 7.22. The molecular weight excluding hydrogens is 636 g/mol. The molecule has 0 radical (unpaired) electrons. The molecule has 48 heavy (non-hydrogen) atoms. The molecule has 2 heterocycles. The van der Waals surface area contributed by atoms with Gasteiger partial charge < -0.3 is 20.6 Å². The number of rotatable bonds is 13. The lowest BCUT2D eigenvalue weighted by Crippen LogP contribution is -2.61. The molecule has 0 spiro atoms. The molecule has 0 aromatic heterocycles. The Morgan fingerprint density at radius 1 is 1.10 bits per heavy atom. The fraction of sp³-hybridized carbons (Fsp3) is 0.667. The number of nitrogens with one attached hydrogen (secondary N) is 2. The zero-order chi connectivity index (χ0) is 34.8. The number of Topliss-reactive ketones (excluding diaryl/α,β-unsaturated/α-hetero) is 2. The molecule has 3 amide bonds. The van der Waals surface area contributed by atoms with Crippen molar-refractivity contribution in [3.63, 3.8) is 0 Å². The summed E-state index contributed by atoms with van der Waals surface area (Å²) in [5.41, 5.74) is -0.686. The molecule has 1 aromatic rings. The number of hydrogen-bond acceptors (Lipinski definition) is 8. The van der Waals surface area contributed by atoms with Crippen LogP contribution >= 0.6 is 11.6 Å². The zero-order valence-electron chi connectivity index (χ0n) is 28.4. The minimum Gasteiger partial charge on any atom is -0.389 e. The molecule has 3 fully saturated rings. The van der Waals surface area contributed by atoms with Gasteiger partial charge in [-0.2, -0.15) is 0 Å². The van der Waals surface area contributed by atoms with Gasteiger partial charge in [0.1, 0.15) is 12.1 Å². The average molecular weight is 685 g/mol. The van der Waals surface area contributed by atoms with Crippen LogP contribution in [0.2, 0.25) is 5.02 Å². The SMILES string of the molecule is CCC[C@H](NC(=O)[C@@H]1CC2C(c3cccc(Cl)c3)=NOC2N1C(=O)[C@@H](NC(=O)CC1(O)CCCCC1)C(C)(C)C)C(=O)C(=O)CC1CC1. The maximum atomic E-state index is 14.6. The van der Waals surface area contributed by atoms with E-state index >= 15 is 0 Å². The van der Waals surface area contributed by atoms with Gasteiger partial charge >= 0.3 is 0 Å². The summed E-state index contributed by atoms with van der Waals surface area (Å²) in [5, 5.41) is 21.6. The Kier molecular flexibility index (Phi) is 11.0. The van der Waals surface area contributed by atoms with E-state index in [2.05, 4.69) is 15.8 Å². The van der Waals surface area contributed by atoms with Crippen LogP contribution in [0.1, 0.15) is 110 Å². The summed E-state index contributed by atoms with van der Waals surface area (Å²) in [5.74, 6) is -2.94. The Balaban J connectivity index is 1.42. The van der Waals surface area contributed by atoms with Gasteiger partial charge in [-0.15, -0.1) is 0 Å². The van der Waals surface area contributed by atoms with Crippen molar-refractivity contribution in [2.45, 2.75) is 135 Å². The Labute approximate surface area is 287 Å². The standard InChI is InChI=1S/C36H49ClN4O7/c1-5-10-25(30(44)27(42)17-21-13-14-21)38-32(45)26-19-24-29(22-11-9-12-23(37)18-22)40-48-34(24)41(26)33(46)31(35(2,3)4)39-28(43)20-36(47)15-7-6-8-16-36/h9,11-12,18,21,24-26,31,34,47H,5-8,10,13-17,19-20H2,1-4H3,(H,38,45)(H,39,43)/t24?,25-,26-,31+,34?/m0/s1. The van der Waals surface area contributed by atoms with E-state index in [-0.39, 0.29) is 31.6 Å². The van der Waals surface area contributed by atoms with E-state index in [1.165, 1.54) is 4.90 Å². The van der Waals surface area contributed by atoms with Gasteiger partial charge in [0.05, 0.1) is 29.7 Å². The van der Waals surface area contributed by atoms with Crippen LogP contribution in [-0.4, -0.2) is 75.0 Å². The molecule has 12 heteroatoms. The van der Waals surface area contributed by atoms with Crippen molar-refractivity contribution in [1.82, 2.24) is 15.5 Å². The molecule has 5 atom stereocenters. The first-order chi connectivity index (χ1) is 22.7. The summed E-state index contributed by atoms with van der Waals surface area (Å²) >= 11 is 6.28. The third-order valence-corrected chi connectivity index (χ3v) is 10.3. The lowest BCUT2D eigenvalue weighted by Gasteiger charge is -2.38. The summed E-state index contributed by atoms with van der Waals surface area (Å²) in [6.45, 7) is 7.32. The highest BCUT2D eigenvalue weighted by atomic mass is 35.5. The highest BCUT2D eigenvalue weighted by Gasteiger charge is 2.56. The second-order valence-electron chi connectivity index (χ2n) is 15.2. The van der Waals surface area contributed by atoms with E-state index in [9.17, 15) is 29.1 Å². The smallest absolute Gasteiger partial charge is 0.249 e. The summed E-state index contributed by atoms with van der Waals surface area (Å²) in [6, 6.07) is 3.91. The minimum absolute atomic E-state index is 0.128. The largest absolute Gasteiger partial charge is 0.389 e. The predicted octanol–water partition coefficient (Wildman–Crippen LogP) is 4.46. The highest BCUT2D eigenvalue weighted by molar-refractivity contribution is 6.39. The Morgan fingerprint density at radius 2 is 1.81 bits per heavy atom. The van der Waals surface area contributed by atoms with E-state index in [1.807, 2.05) is 33.8 Å². The van der Waals surface area contributed by atoms with Crippen LogP contribution in [-0.2, 0) is 28.8 Å². The van der Waals surface area contributed by atoms with Crippen LogP contribution in [0.25, 0.3) is 0 Å². The Hall–Kier alpha value is -3.31. The number of benzene rings is 1. The number of aliphatic hydroxyl groups is 1. The minimum atomic E-state index is -1.12. The number of likely N-dealkylation sites (tertiary alicyclic amines) is 1. The maximum absolute atomic E-state index is 14.6. The first kappa shape index (κ1) is 36.0. The molecule has 1 saturated heterocycles. The first-order valence-corrected chi connectivity index (χ1v) is 17.8. The second-order valence-corrected chi connectivity index (χ2v) is 15.6. The van der Waals surface area contributed by atoms with Crippen LogP contribution in [0.15, 0.2) is 29.4 Å². The number of amides is 3. The van der Waals surface area contributed by atoms with Crippen molar-refractivity contribution in [3.8, 4) is 0 Å². The van der Waals surface area contributed by atoms with Crippen LogP contribution in [0.5, 0.6) is 0 Å². The van der Waals surface area contributed by atoms with Crippen molar-refractivity contribution in [2.24, 2.45) is 22.4 Å². The van der Waals surface area contributed by atoms with Crippen molar-refractivity contribution in [2.75, 3.05) is 0 Å². The lowest BCUT2D eigenvalue weighted by molar-refractivity contribution is -0.156. The number of hydrogen-bond donors (Lipinski definition) is 3. The molecule has 0 bridgehead atoms. The number of fused-ring (bicyclic) bond motifs is 1. The number of ketones is 2. The summed E-state index contributed by atoms with van der Waals surface area (Å²) in [7, 11) is 0. The van der Waals surface area contributed by atoms with Crippen LogP contribution in [0.4, 0.5) is 0 Å². The monoisotopic (exact) mass is 684 g/mol. The number of carbonyl (C=O) groups excluding carboxylic acids is 5. The molecule has 2 aliphatic heterocycles. The van der Waals surface area contributed by atoms with E-state index in [1.54, 1.807) is 18.2 Å². The van der Waals surface area contributed by atoms with Gasteiger partial charge in [0.2, 0.25) is 35.5 Å². The van der Waals surface area contributed by atoms with Crippen LogP contribution in [0, 0.1) is 17.3 Å². The van der Waals surface area contributed by atoms with Gasteiger partial charge in [0, 0.05) is 17.0 Å². The Morgan fingerprint density at radius 3 is 2.44 bits per heavy atom. The normalized spacial score (nSPS) is 24.5.